The maximum atomic E-state index is 11.5. The van der Waals surface area contributed by atoms with E-state index in [0.29, 0.717) is 10.9 Å². The first-order chi connectivity index (χ1) is 7.02. The molecule has 0 unspecified atom stereocenters. The van der Waals surface area contributed by atoms with Crippen LogP contribution in [0, 0.1) is 13.8 Å². The maximum Gasteiger partial charge on any atom is 0.422 e. The van der Waals surface area contributed by atoms with Gasteiger partial charge in [-0.25, -0.2) is 9.59 Å². The molecule has 0 spiro atoms. The molecule has 0 fully saturated rings. The Morgan fingerprint density at radius 2 is 1.87 bits per heavy atom. The number of rotatable bonds is 0. The number of aromatic nitrogens is 1. The highest BCUT2D eigenvalue weighted by Gasteiger charge is 2.09. The molecule has 1 aromatic heterocycles. The summed E-state index contributed by atoms with van der Waals surface area (Å²) in [5, 5.41) is 0.483. The molecule has 2 aromatic rings. The minimum atomic E-state index is -0.629. The number of hydrogen-bond donors (Lipinski definition) is 0. The molecule has 4 nitrogen and oxygen atoms in total. The normalized spacial score (nSPS) is 10.9. The summed E-state index contributed by atoms with van der Waals surface area (Å²) in [6, 6.07) is 3.65. The Kier molecular flexibility index (Phi) is 2.00. The molecular weight excluding hydrogens is 194 g/mol. The summed E-state index contributed by atoms with van der Waals surface area (Å²) in [5.74, 6) is -0.629. The van der Waals surface area contributed by atoms with E-state index in [9.17, 15) is 9.59 Å². The third-order valence-electron chi connectivity index (χ3n) is 2.73. The molecule has 0 bridgehead atoms. The van der Waals surface area contributed by atoms with E-state index < -0.39 is 11.4 Å². The van der Waals surface area contributed by atoms with Gasteiger partial charge in [-0.2, -0.15) is 0 Å². The van der Waals surface area contributed by atoms with Crippen LogP contribution in [0.2, 0.25) is 0 Å². The summed E-state index contributed by atoms with van der Waals surface area (Å²) in [6.07, 6.45) is 0. The van der Waals surface area contributed by atoms with Crippen molar-refractivity contribution >= 4 is 10.9 Å². The van der Waals surface area contributed by atoms with Crippen LogP contribution in [0.4, 0.5) is 0 Å². The molecule has 1 heterocycles. The monoisotopic (exact) mass is 205 g/mol. The molecule has 0 N–H and O–H groups in total. The first-order valence-corrected chi connectivity index (χ1v) is 4.62. The van der Waals surface area contributed by atoms with Gasteiger partial charge in [-0.3, -0.25) is 4.57 Å². The smallest absolute Gasteiger partial charge is 0.372 e. The summed E-state index contributed by atoms with van der Waals surface area (Å²) >= 11 is 0. The van der Waals surface area contributed by atoms with Gasteiger partial charge in [0, 0.05) is 7.05 Å². The lowest BCUT2D eigenvalue weighted by molar-refractivity contribution is 0.432. The zero-order valence-corrected chi connectivity index (χ0v) is 8.83. The zero-order chi connectivity index (χ0) is 11.2. The molecule has 0 amide bonds. The van der Waals surface area contributed by atoms with E-state index in [0.717, 1.165) is 11.1 Å². The summed E-state index contributed by atoms with van der Waals surface area (Å²) < 4.78 is 5.95. The van der Waals surface area contributed by atoms with Gasteiger partial charge < -0.3 is 4.42 Å². The van der Waals surface area contributed by atoms with Gasteiger partial charge in [0.05, 0.1) is 10.9 Å². The van der Waals surface area contributed by atoms with Gasteiger partial charge in [0.15, 0.2) is 0 Å². The zero-order valence-electron chi connectivity index (χ0n) is 8.83. The van der Waals surface area contributed by atoms with Gasteiger partial charge in [0.25, 0.3) is 0 Å². The van der Waals surface area contributed by atoms with Gasteiger partial charge in [0.2, 0.25) is 0 Å². The van der Waals surface area contributed by atoms with E-state index in [-0.39, 0.29) is 0 Å². The van der Waals surface area contributed by atoms with Gasteiger partial charge >= 0.3 is 11.4 Å². The van der Waals surface area contributed by atoms with Crippen molar-refractivity contribution < 1.29 is 4.42 Å². The van der Waals surface area contributed by atoms with Gasteiger partial charge in [-0.05, 0) is 31.0 Å². The van der Waals surface area contributed by atoms with Crippen LogP contribution in [0.15, 0.2) is 26.1 Å². The lowest BCUT2D eigenvalue weighted by atomic mass is 10.1. The quantitative estimate of drug-likeness (QED) is 0.647. The van der Waals surface area contributed by atoms with Gasteiger partial charge in [-0.1, -0.05) is 6.07 Å². The van der Waals surface area contributed by atoms with Crippen LogP contribution in [-0.4, -0.2) is 4.57 Å². The van der Waals surface area contributed by atoms with E-state index in [2.05, 4.69) is 4.42 Å². The van der Waals surface area contributed by atoms with Crippen LogP contribution in [0.25, 0.3) is 10.9 Å². The summed E-state index contributed by atoms with van der Waals surface area (Å²) in [4.78, 5) is 22.8. The van der Waals surface area contributed by atoms with Crippen molar-refractivity contribution in [1.29, 1.82) is 0 Å². The predicted molar refractivity (Wildman–Crippen MR) is 57.2 cm³/mol. The molecular formula is C11H11NO3. The highest BCUT2D eigenvalue weighted by Crippen LogP contribution is 2.16. The highest BCUT2D eigenvalue weighted by atomic mass is 16.4. The minimum Gasteiger partial charge on any atom is -0.372 e. The third kappa shape index (κ3) is 1.29. The van der Waals surface area contributed by atoms with Crippen molar-refractivity contribution in [1.82, 2.24) is 4.57 Å². The SMILES string of the molecule is Cc1ccc2c(c1C)c(=O)oc(=O)n2C. The van der Waals surface area contributed by atoms with Crippen molar-refractivity contribution in [2.75, 3.05) is 0 Å². The Morgan fingerprint density at radius 3 is 2.53 bits per heavy atom. The number of nitrogens with zero attached hydrogens (tertiary/aromatic N) is 1. The molecule has 15 heavy (non-hydrogen) atoms. The fourth-order valence-electron chi connectivity index (χ4n) is 1.64. The maximum absolute atomic E-state index is 11.5. The number of benzene rings is 1. The first kappa shape index (κ1) is 9.71. The molecule has 0 radical (unpaired) electrons. The largest absolute Gasteiger partial charge is 0.422 e. The Balaban J connectivity index is 3.17. The molecule has 78 valence electrons. The highest BCUT2D eigenvalue weighted by molar-refractivity contribution is 5.82. The van der Waals surface area contributed by atoms with E-state index in [1.807, 2.05) is 19.9 Å². The summed E-state index contributed by atoms with van der Waals surface area (Å²) in [5.41, 5.74) is 1.92. The van der Waals surface area contributed by atoms with Crippen LogP contribution in [0.3, 0.4) is 0 Å². The first-order valence-electron chi connectivity index (χ1n) is 4.62. The van der Waals surface area contributed by atoms with Crippen molar-refractivity contribution in [3.05, 3.63) is 44.2 Å². The van der Waals surface area contributed by atoms with E-state index in [1.165, 1.54) is 4.57 Å². The second-order valence-electron chi connectivity index (χ2n) is 3.62. The molecule has 1 aromatic carbocycles. The molecule has 0 atom stereocenters. The van der Waals surface area contributed by atoms with Crippen molar-refractivity contribution in [3.63, 3.8) is 0 Å². The molecule has 0 saturated heterocycles. The second kappa shape index (κ2) is 3.08. The topological polar surface area (TPSA) is 52.2 Å². The van der Waals surface area contributed by atoms with Crippen LogP contribution >= 0.6 is 0 Å². The lowest BCUT2D eigenvalue weighted by Gasteiger charge is -2.06. The van der Waals surface area contributed by atoms with Crippen molar-refractivity contribution in [3.8, 4) is 0 Å². The fraction of sp³-hybridized carbons (Fsp3) is 0.273. The molecule has 0 saturated carbocycles. The Hall–Kier alpha value is -1.84. The minimum absolute atomic E-state index is 0.483. The lowest BCUT2D eigenvalue weighted by Crippen LogP contribution is -2.23. The number of aryl methyl sites for hydroxylation is 3. The van der Waals surface area contributed by atoms with E-state index in [4.69, 9.17) is 0 Å². The molecule has 2 rings (SSSR count). The van der Waals surface area contributed by atoms with E-state index >= 15 is 0 Å². The summed E-state index contributed by atoms with van der Waals surface area (Å²) in [7, 11) is 1.59. The Bertz CT molecular complexity index is 649. The number of fused-ring (bicyclic) bond motifs is 1. The Labute approximate surface area is 85.8 Å². The van der Waals surface area contributed by atoms with Crippen LogP contribution < -0.4 is 11.4 Å². The average molecular weight is 205 g/mol. The van der Waals surface area contributed by atoms with E-state index in [1.54, 1.807) is 13.1 Å². The van der Waals surface area contributed by atoms with Crippen molar-refractivity contribution in [2.45, 2.75) is 13.8 Å². The van der Waals surface area contributed by atoms with Gasteiger partial charge in [-0.15, -0.1) is 0 Å². The average Bonchev–Trinajstić information content (AvgIpc) is 2.18. The molecule has 4 heteroatoms. The Morgan fingerprint density at radius 1 is 1.20 bits per heavy atom. The number of hydrogen-bond acceptors (Lipinski definition) is 3. The third-order valence-corrected chi connectivity index (χ3v) is 2.73. The molecule has 0 aliphatic carbocycles. The standard InChI is InChI=1S/C11H11NO3/c1-6-4-5-8-9(7(6)2)10(13)15-11(14)12(8)3/h4-5H,1-3H3. The van der Waals surface area contributed by atoms with Gasteiger partial charge in [0.1, 0.15) is 0 Å². The van der Waals surface area contributed by atoms with Crippen LogP contribution in [0.5, 0.6) is 0 Å². The van der Waals surface area contributed by atoms with Crippen LogP contribution in [-0.2, 0) is 7.05 Å². The molecule has 0 aliphatic heterocycles. The molecule has 0 aliphatic rings. The fourth-order valence-corrected chi connectivity index (χ4v) is 1.64. The van der Waals surface area contributed by atoms with Crippen molar-refractivity contribution in [2.24, 2.45) is 7.05 Å². The summed E-state index contributed by atoms with van der Waals surface area (Å²) in [6.45, 7) is 3.76. The predicted octanol–water partition coefficient (Wildman–Crippen LogP) is 1.11. The van der Waals surface area contributed by atoms with Crippen LogP contribution in [0.1, 0.15) is 11.1 Å². The second-order valence-corrected chi connectivity index (χ2v) is 3.62.